The fourth-order valence-corrected chi connectivity index (χ4v) is 5.87. The van der Waals surface area contributed by atoms with Gasteiger partial charge in [0.05, 0.1) is 17.2 Å². The number of carbonyl (C=O) groups is 1. The molecule has 1 aliphatic heterocycles. The molecule has 184 valence electrons. The van der Waals surface area contributed by atoms with Crippen LogP contribution in [0.4, 0.5) is 0 Å². The molecule has 0 spiro atoms. The van der Waals surface area contributed by atoms with Crippen LogP contribution in [0, 0.1) is 19.3 Å². The third kappa shape index (κ3) is 4.70. The fraction of sp³-hybridized carbons (Fsp3) is 0.577. The highest BCUT2D eigenvalue weighted by atomic mass is 28.3. The first-order valence-corrected chi connectivity index (χ1v) is 16.0. The minimum Gasteiger partial charge on any atom is -0.360 e. The molecule has 1 aliphatic carbocycles. The average Bonchev–Trinajstić information content (AvgIpc) is 3.55. The quantitative estimate of drug-likeness (QED) is 0.423. The normalized spacial score (nSPS) is 23.4. The number of ether oxygens (including phenoxy) is 1. The van der Waals surface area contributed by atoms with Crippen LogP contribution in [0.5, 0.6) is 0 Å². The third-order valence-electron chi connectivity index (χ3n) is 7.30. The van der Waals surface area contributed by atoms with E-state index in [1.807, 2.05) is 25.5 Å². The molecular formula is C26H39N5O2Si. The van der Waals surface area contributed by atoms with Gasteiger partial charge in [0.1, 0.15) is 6.73 Å². The minimum absolute atomic E-state index is 0.0802. The van der Waals surface area contributed by atoms with Gasteiger partial charge in [-0.3, -0.25) is 15.1 Å². The van der Waals surface area contributed by atoms with Crippen LogP contribution in [0.1, 0.15) is 59.7 Å². The van der Waals surface area contributed by atoms with Gasteiger partial charge in [0.25, 0.3) is 0 Å². The molecular weight excluding hydrogens is 442 g/mol. The van der Waals surface area contributed by atoms with E-state index in [1.54, 1.807) is 7.05 Å². The van der Waals surface area contributed by atoms with E-state index >= 15 is 0 Å². The lowest BCUT2D eigenvalue weighted by Crippen LogP contribution is -2.62. The van der Waals surface area contributed by atoms with Gasteiger partial charge in [0, 0.05) is 33.0 Å². The Morgan fingerprint density at radius 2 is 1.79 bits per heavy atom. The Hall–Kier alpha value is -2.45. The summed E-state index contributed by atoms with van der Waals surface area (Å²) in [4.78, 5) is 15.0. The van der Waals surface area contributed by atoms with E-state index in [0.29, 0.717) is 12.6 Å². The van der Waals surface area contributed by atoms with Gasteiger partial charge in [-0.2, -0.15) is 5.10 Å². The number of hydrogen-bond acceptors (Lipinski definition) is 4. The van der Waals surface area contributed by atoms with Crippen molar-refractivity contribution >= 4 is 19.9 Å². The number of hydrogen-bond donors (Lipinski definition) is 2. The van der Waals surface area contributed by atoms with Crippen molar-refractivity contribution in [1.82, 2.24) is 20.0 Å². The number of nitrogens with one attached hydrogen (secondary N) is 2. The van der Waals surface area contributed by atoms with Crippen molar-refractivity contribution in [3.63, 3.8) is 0 Å². The van der Waals surface area contributed by atoms with Crippen LogP contribution >= 0.6 is 0 Å². The van der Waals surface area contributed by atoms with Crippen LogP contribution in [-0.2, 0) is 21.8 Å². The zero-order valence-corrected chi connectivity index (χ0v) is 22.7. The number of carbonyl (C=O) groups excluding carboxylic acids is 1. The number of likely N-dealkylation sites (N-methyl/N-ethyl adjacent to an activating group) is 1. The summed E-state index contributed by atoms with van der Waals surface area (Å²) < 4.78 is 7.87. The molecule has 0 unspecified atom stereocenters. The Morgan fingerprint density at radius 3 is 2.38 bits per heavy atom. The number of aryl methyl sites for hydroxylation is 1. The Balaban J connectivity index is 1.67. The summed E-state index contributed by atoms with van der Waals surface area (Å²) in [6, 6.07) is 9.61. The van der Waals surface area contributed by atoms with Crippen molar-refractivity contribution in [3.05, 3.63) is 52.3 Å². The summed E-state index contributed by atoms with van der Waals surface area (Å²) >= 11 is 0. The van der Waals surface area contributed by atoms with Gasteiger partial charge in [0.15, 0.2) is 5.96 Å². The zero-order valence-electron chi connectivity index (χ0n) is 21.7. The monoisotopic (exact) mass is 481 g/mol. The molecule has 34 heavy (non-hydrogen) atoms. The predicted octanol–water partition coefficient (Wildman–Crippen LogP) is 4.69. The number of rotatable bonds is 8. The van der Waals surface area contributed by atoms with E-state index < -0.39 is 19.5 Å². The fourth-order valence-electron chi connectivity index (χ4n) is 5.12. The van der Waals surface area contributed by atoms with Crippen LogP contribution in [-0.4, -0.2) is 48.3 Å². The van der Waals surface area contributed by atoms with Crippen molar-refractivity contribution < 1.29 is 9.53 Å². The highest BCUT2D eigenvalue weighted by Gasteiger charge is 2.50. The maximum atomic E-state index is 13.6. The van der Waals surface area contributed by atoms with Crippen LogP contribution in [0.2, 0.25) is 25.7 Å². The number of benzene rings is 1. The van der Waals surface area contributed by atoms with Gasteiger partial charge in [-0.25, -0.2) is 4.68 Å². The summed E-state index contributed by atoms with van der Waals surface area (Å²) in [6.07, 6.45) is 2.50. The molecule has 1 saturated carbocycles. The first kappa shape index (κ1) is 24.7. The summed E-state index contributed by atoms with van der Waals surface area (Å²) in [5, 5.41) is 16.6. The minimum atomic E-state index is -1.16. The molecule has 1 amide bonds. The molecule has 1 aromatic carbocycles. The van der Waals surface area contributed by atoms with Gasteiger partial charge in [-0.15, -0.1) is 0 Å². The van der Waals surface area contributed by atoms with Crippen molar-refractivity contribution in [1.29, 1.82) is 5.41 Å². The molecule has 2 aliphatic rings. The second-order valence-electron chi connectivity index (χ2n) is 11.3. The maximum absolute atomic E-state index is 13.6. The van der Waals surface area contributed by atoms with Crippen LogP contribution < -0.4 is 5.32 Å². The molecule has 2 fully saturated rings. The van der Waals surface area contributed by atoms with Gasteiger partial charge >= 0.3 is 0 Å². The molecule has 2 heterocycles. The summed E-state index contributed by atoms with van der Waals surface area (Å²) in [5.41, 5.74) is 4.28. The van der Waals surface area contributed by atoms with Crippen molar-refractivity contribution in [3.8, 4) is 0 Å². The number of nitrogens with zero attached hydrogens (tertiary/aromatic N) is 3. The first-order chi connectivity index (χ1) is 15.9. The molecule has 1 aromatic heterocycles. The zero-order chi connectivity index (χ0) is 24.8. The highest BCUT2D eigenvalue weighted by molar-refractivity contribution is 6.76. The molecule has 4 rings (SSSR count). The Kier molecular flexibility index (Phi) is 6.50. The van der Waals surface area contributed by atoms with E-state index in [4.69, 9.17) is 15.2 Å². The summed E-state index contributed by atoms with van der Waals surface area (Å²) in [7, 11) is 0.505. The van der Waals surface area contributed by atoms with E-state index in [9.17, 15) is 4.79 Å². The second kappa shape index (κ2) is 8.96. The standard InChI is InChI=1S/C26H39N5O2Si/c1-17-22(18(2)31(29-17)16-33-14-15-34(5,6)7)26(3)23(24(32)30(4)25(27)28-26)21-12-10-20(11-13-21)19-8-9-19/h10-13,19,23H,8-9,14-16H2,1-7H3,(H2,27,28)/t23-,26-/m1/s1. The second-order valence-corrected chi connectivity index (χ2v) is 17.0. The maximum Gasteiger partial charge on any atom is 0.239 e. The lowest BCUT2D eigenvalue weighted by Gasteiger charge is -2.46. The SMILES string of the molecule is Cc1nn(COCC[Si](C)(C)C)c(C)c1[C@@]1(C)NC(=N)N(C)C(=O)[C@H]1c1ccc(C2CC2)cc1. The van der Waals surface area contributed by atoms with Crippen LogP contribution in [0.25, 0.3) is 0 Å². The van der Waals surface area contributed by atoms with E-state index in [-0.39, 0.29) is 11.9 Å². The van der Waals surface area contributed by atoms with Gasteiger partial charge in [-0.05, 0) is 56.7 Å². The van der Waals surface area contributed by atoms with Crippen molar-refractivity contribution in [2.24, 2.45) is 0 Å². The van der Waals surface area contributed by atoms with Gasteiger partial charge < -0.3 is 10.1 Å². The number of aromatic nitrogens is 2. The number of guanidine groups is 1. The topological polar surface area (TPSA) is 83.2 Å². The molecule has 7 nitrogen and oxygen atoms in total. The third-order valence-corrected chi connectivity index (χ3v) is 9.00. The van der Waals surface area contributed by atoms with Crippen LogP contribution in [0.3, 0.4) is 0 Å². The summed E-state index contributed by atoms with van der Waals surface area (Å²) in [5.74, 6) is 0.225. The molecule has 2 aromatic rings. The first-order valence-electron chi connectivity index (χ1n) is 12.3. The van der Waals surface area contributed by atoms with E-state index in [1.165, 1.54) is 23.3 Å². The molecule has 0 radical (unpaired) electrons. The van der Waals surface area contributed by atoms with Gasteiger partial charge in [-0.1, -0.05) is 43.9 Å². The smallest absolute Gasteiger partial charge is 0.239 e. The number of amides is 1. The van der Waals surface area contributed by atoms with Crippen molar-refractivity contribution in [2.45, 2.75) is 83.4 Å². The Morgan fingerprint density at radius 1 is 1.18 bits per heavy atom. The molecule has 1 saturated heterocycles. The Bertz CT molecular complexity index is 1080. The predicted molar refractivity (Wildman–Crippen MR) is 138 cm³/mol. The summed E-state index contributed by atoms with van der Waals surface area (Å²) in [6.45, 7) is 14.2. The lowest BCUT2D eigenvalue weighted by molar-refractivity contribution is -0.131. The largest absolute Gasteiger partial charge is 0.360 e. The molecule has 2 atom stereocenters. The molecule has 0 bridgehead atoms. The Labute approximate surface area is 204 Å². The molecule has 8 heteroatoms. The van der Waals surface area contributed by atoms with E-state index in [2.05, 4.69) is 49.2 Å². The van der Waals surface area contributed by atoms with Crippen LogP contribution in [0.15, 0.2) is 24.3 Å². The van der Waals surface area contributed by atoms with Gasteiger partial charge in [0.2, 0.25) is 5.91 Å². The highest BCUT2D eigenvalue weighted by Crippen LogP contribution is 2.45. The molecule has 2 N–H and O–H groups in total. The lowest BCUT2D eigenvalue weighted by atomic mass is 9.72. The van der Waals surface area contributed by atoms with E-state index in [0.717, 1.165) is 35.2 Å². The average molecular weight is 482 g/mol. The van der Waals surface area contributed by atoms with Crippen molar-refractivity contribution in [2.75, 3.05) is 13.7 Å².